The summed E-state index contributed by atoms with van der Waals surface area (Å²) in [6.45, 7) is -6.88. The van der Waals surface area contributed by atoms with Gasteiger partial charge in [-0.2, -0.15) is 0 Å². The summed E-state index contributed by atoms with van der Waals surface area (Å²) in [5.74, 6) is -0.449. The number of aliphatic hydroxyl groups excluding tert-OH is 21. The van der Waals surface area contributed by atoms with Crippen LogP contribution in [0.1, 0.15) is 0 Å². The third-order valence-electron chi connectivity index (χ3n) is 16.0. The van der Waals surface area contributed by atoms with E-state index in [9.17, 15) is 107 Å². The fourth-order valence-electron chi connectivity index (χ4n) is 11.3. The van der Waals surface area contributed by atoms with Crippen LogP contribution in [0.5, 0.6) is 0 Å². The van der Waals surface area contributed by atoms with Crippen LogP contribution in [0.15, 0.2) is 35.8 Å². The van der Waals surface area contributed by atoms with Gasteiger partial charge in [0.2, 0.25) is 0 Å². The molecular formula is C48H75NO35. The van der Waals surface area contributed by atoms with Gasteiger partial charge in [-0.15, -0.1) is 0 Å². The highest BCUT2D eigenvalue weighted by molar-refractivity contribution is 5.41. The van der Waals surface area contributed by atoms with Crippen molar-refractivity contribution in [3.8, 4) is 0 Å². The highest BCUT2D eigenvalue weighted by Gasteiger charge is 2.59. The zero-order valence-corrected chi connectivity index (χ0v) is 44.1. The van der Waals surface area contributed by atoms with E-state index in [2.05, 4.69) is 5.32 Å². The maximum Gasteiger partial charge on any atom is 0.191 e. The van der Waals surface area contributed by atoms with Gasteiger partial charge in [-0.1, -0.05) is 12.2 Å². The smallest absolute Gasteiger partial charge is 0.191 e. The van der Waals surface area contributed by atoms with Gasteiger partial charge in [-0.05, 0) is 12.2 Å². The third-order valence-corrected chi connectivity index (χ3v) is 16.0. The van der Waals surface area contributed by atoms with Crippen LogP contribution in [0.2, 0.25) is 0 Å². The summed E-state index contributed by atoms with van der Waals surface area (Å²) in [7, 11) is 0. The van der Waals surface area contributed by atoms with Crippen molar-refractivity contribution in [2.75, 3.05) is 46.2 Å². The standard InChI is InChI=1S/C48H75NO35/c50-6-14-35-22(58)29(65)44(73-14)81-37-16(8-52)75-46(31(67)24(37)60)83-39-18(10-54)77-48(33(69)26(39)62)84-40-19(11-55)76-47(32(68)25(40)61)82-38-17(9-53)74-45(30(66)23(38)59)80-36-15(7-51)72-43(28(64)21(36)57)78-34-13(71-42(79-35)27(63)20(34)56)5-49-41(70)12-3-1-2-4-12/h1-4,13-40,42-70H,5-11H2/t13-,14-,15-,16-,17-,18-,19-,20-,21-,22-,23-,24-,25-,26-,27-,28-,29-,30-,31-,32-,33-,34-,35-,36-,37-,38-,39-,40-,42-,43-,44-,45-,46-,47-,48-/m1/s1. The van der Waals surface area contributed by atoms with Crippen LogP contribution in [0.3, 0.4) is 0 Å². The molecule has 21 saturated heterocycles. The maximum absolute atomic E-state index is 11.8. The summed E-state index contributed by atoms with van der Waals surface area (Å²) in [6.07, 6.45) is -64.4. The summed E-state index contributed by atoms with van der Waals surface area (Å²) in [5.41, 5.74) is 0.265. The van der Waals surface area contributed by atoms with Gasteiger partial charge in [0.25, 0.3) is 0 Å². The molecule has 0 unspecified atom stereocenters. The zero-order valence-electron chi connectivity index (χ0n) is 44.1. The fourth-order valence-corrected chi connectivity index (χ4v) is 11.3. The minimum atomic E-state index is -2.23. The Hall–Kier alpha value is -2.54. The van der Waals surface area contributed by atoms with Crippen molar-refractivity contribution in [2.24, 2.45) is 0 Å². The second-order valence-electron chi connectivity index (χ2n) is 21.4. The predicted octanol–water partition coefficient (Wildman–Crippen LogP) is -13.7. The molecule has 14 bridgehead atoms. The van der Waals surface area contributed by atoms with Gasteiger partial charge in [0.05, 0.1) is 39.6 Å². The molecule has 21 heterocycles. The van der Waals surface area contributed by atoms with Crippen LogP contribution in [0.25, 0.3) is 0 Å². The van der Waals surface area contributed by atoms with E-state index in [1.165, 1.54) is 12.2 Å². The monoisotopic (exact) mass is 1230 g/mol. The number of ether oxygens (including phenoxy) is 14. The Bertz CT molecular complexity index is 2180. The lowest BCUT2D eigenvalue weighted by molar-refractivity contribution is -0.396. The molecule has 35 atom stereocenters. The summed E-state index contributed by atoms with van der Waals surface area (Å²) in [4.78, 5) is 0. The zero-order chi connectivity index (χ0) is 60.7. The number of rotatable bonds is 9. The largest absolute Gasteiger partial charge is 0.494 e. The first-order valence-corrected chi connectivity index (χ1v) is 27.0. The van der Waals surface area contributed by atoms with Gasteiger partial charge in [0.15, 0.2) is 49.9 Å². The average Bonchev–Trinajstić information content (AvgIpc) is 3.71. The molecule has 0 radical (unpaired) electrons. The number of allylic oxidation sites excluding steroid dienone is 5. The Kier molecular flexibility index (Phi) is 22.0. The van der Waals surface area contributed by atoms with Crippen LogP contribution in [-0.4, -0.2) is 368 Å². The van der Waals surface area contributed by atoms with Crippen LogP contribution in [0, 0.1) is 0 Å². The van der Waals surface area contributed by atoms with Crippen molar-refractivity contribution in [3.05, 3.63) is 35.8 Å². The molecule has 0 aromatic carbocycles. The van der Waals surface area contributed by atoms with Crippen LogP contribution in [-0.2, 0) is 66.3 Å². The molecule has 22 aliphatic rings. The number of hydrogen-bond acceptors (Lipinski definition) is 36. The quantitative estimate of drug-likeness (QED) is 0.0953. The SMILES string of the molecule is OC[C@H]1O[C@@H]2O[C@H]3[C@H](O)[C@@H](O)[C@@H](O[C@H]4[C@H](O)[C@@H](O)[C@@H](O[C@H]5[C@H](O)[C@@H](O)[C@@H](O[C@H]6[C@H](O)[C@@H](O)[C@@H](O[C@H]7[C@H](O)[C@@H](O)[C@@H](O[C@H]8[C@H](O)[C@@H](O)[C@@H](O[C@H]1[C@H](O)[C@H]2O)O[C@@H]8CO)O[C@@H]7CO)O[C@@H]6CO)O[C@@H]5CNC(O)=C1C=CC=C1)O[C@@H]4CO)O[C@@H]3CO. The Labute approximate surface area is 475 Å². The van der Waals surface area contributed by atoms with Crippen molar-refractivity contribution in [3.63, 3.8) is 0 Å². The molecule has 0 spiro atoms. The van der Waals surface area contributed by atoms with Gasteiger partial charge < -0.3 is 179 Å². The van der Waals surface area contributed by atoms with E-state index in [0.717, 1.165) is 0 Å². The molecule has 482 valence electrons. The summed E-state index contributed by atoms with van der Waals surface area (Å²) >= 11 is 0. The molecule has 22 N–H and O–H groups in total. The van der Waals surface area contributed by atoms with Crippen molar-refractivity contribution >= 4 is 0 Å². The molecule has 0 saturated carbocycles. The lowest BCUT2D eigenvalue weighted by Crippen LogP contribution is -2.68. The topological polar surface area (TPSA) is 566 Å². The normalized spacial score (nSPS) is 52.2. The highest BCUT2D eigenvalue weighted by atomic mass is 16.8. The van der Waals surface area contributed by atoms with E-state index in [1.54, 1.807) is 12.2 Å². The van der Waals surface area contributed by atoms with Gasteiger partial charge >= 0.3 is 0 Å². The summed E-state index contributed by atoms with van der Waals surface area (Å²) < 4.78 is 80.9. The molecule has 36 heteroatoms. The Morgan fingerprint density at radius 2 is 0.452 bits per heavy atom. The minimum absolute atomic E-state index is 0.265. The lowest BCUT2D eigenvalue weighted by Gasteiger charge is -2.50. The van der Waals surface area contributed by atoms with Crippen LogP contribution in [0.4, 0.5) is 0 Å². The minimum Gasteiger partial charge on any atom is -0.494 e. The molecule has 21 fully saturated rings. The first-order chi connectivity index (χ1) is 40.1. The first kappa shape index (κ1) is 65.9. The van der Waals surface area contributed by atoms with E-state index < -0.39 is 267 Å². The van der Waals surface area contributed by atoms with Gasteiger partial charge in [-0.25, -0.2) is 0 Å². The lowest BCUT2D eigenvalue weighted by atomic mass is 9.95. The van der Waals surface area contributed by atoms with E-state index in [-0.39, 0.29) is 5.57 Å². The molecule has 84 heavy (non-hydrogen) atoms. The highest BCUT2D eigenvalue weighted by Crippen LogP contribution is 2.39. The second kappa shape index (κ2) is 28.1. The molecular weight excluding hydrogens is 1150 g/mol. The number of nitrogens with one attached hydrogen (secondary N) is 1. The molecule has 21 aliphatic heterocycles. The van der Waals surface area contributed by atoms with Gasteiger partial charge in [0, 0.05) is 12.1 Å². The molecule has 0 amide bonds. The van der Waals surface area contributed by atoms with Crippen molar-refractivity contribution in [1.29, 1.82) is 0 Å². The second-order valence-corrected chi connectivity index (χ2v) is 21.4. The van der Waals surface area contributed by atoms with Crippen LogP contribution < -0.4 is 5.32 Å². The van der Waals surface area contributed by atoms with E-state index in [1.807, 2.05) is 0 Å². The van der Waals surface area contributed by atoms with Gasteiger partial charge in [-0.3, -0.25) is 0 Å². The van der Waals surface area contributed by atoms with Crippen molar-refractivity contribution < 1.29 is 174 Å². The average molecular weight is 1230 g/mol. The Morgan fingerprint density at radius 1 is 0.274 bits per heavy atom. The van der Waals surface area contributed by atoms with E-state index in [0.29, 0.717) is 0 Å². The summed E-state index contributed by atoms with van der Waals surface area (Å²) in [6, 6.07) is 0. The van der Waals surface area contributed by atoms with Gasteiger partial charge in [0.1, 0.15) is 171 Å². The predicted molar refractivity (Wildman–Crippen MR) is 257 cm³/mol. The third kappa shape index (κ3) is 13.1. The summed E-state index contributed by atoms with van der Waals surface area (Å²) in [5, 5.41) is 236. The van der Waals surface area contributed by atoms with E-state index >= 15 is 0 Å². The molecule has 36 nitrogen and oxygen atoms in total. The molecule has 22 rings (SSSR count). The molecule has 1 aliphatic carbocycles. The Morgan fingerprint density at radius 3 is 0.643 bits per heavy atom. The van der Waals surface area contributed by atoms with Crippen molar-refractivity contribution in [2.45, 2.75) is 215 Å². The number of hydrogen-bond donors (Lipinski definition) is 22. The number of aliphatic hydroxyl groups is 21. The van der Waals surface area contributed by atoms with E-state index in [4.69, 9.17) is 66.3 Å². The Balaban J connectivity index is 1.02. The fraction of sp³-hybridized carbons (Fsp3) is 0.875. The van der Waals surface area contributed by atoms with Crippen molar-refractivity contribution in [1.82, 2.24) is 5.32 Å². The molecule has 0 aromatic rings. The molecule has 0 aromatic heterocycles. The first-order valence-electron chi connectivity index (χ1n) is 27.0. The maximum atomic E-state index is 11.8. The van der Waals surface area contributed by atoms with Crippen LogP contribution >= 0.6 is 0 Å².